The van der Waals surface area contributed by atoms with Crippen LogP contribution in [0, 0.1) is 47.2 Å². The molecule has 115 heavy (non-hydrogen) atoms. The van der Waals surface area contributed by atoms with Gasteiger partial charge in [0.2, 0.25) is 65.0 Å². The summed E-state index contributed by atoms with van der Waals surface area (Å²) in [6, 6.07) is -1.94. The number of carbonyl (C=O) groups is 13. The normalized spacial score (nSPS) is 24.3. The molecule has 0 radical (unpaired) electrons. The summed E-state index contributed by atoms with van der Waals surface area (Å²) >= 11 is 5.94. The van der Waals surface area contributed by atoms with Crippen molar-refractivity contribution in [2.24, 2.45) is 47.2 Å². The second-order valence-corrected chi connectivity index (χ2v) is 33.7. The van der Waals surface area contributed by atoms with Crippen molar-refractivity contribution in [3.8, 4) is 5.75 Å². The Kier molecular flexibility index (Phi) is 40.7. The van der Waals surface area contributed by atoms with Gasteiger partial charge in [0.05, 0.1) is 18.3 Å². The molecule has 2 saturated heterocycles. The second kappa shape index (κ2) is 46.7. The lowest BCUT2D eigenvalue weighted by molar-refractivity contribution is -0.157. The number of nitrogens with zero attached hydrogens (tertiary/aromatic N) is 9. The standard InChI is InChI=1S/C62H111N11O12.C21H24ClFN4O3/c1-25-27-28-40(15)52(75)51-56(79)65-43(26-2)58(81)67(18)33-48(74)68(19)44(29-34(3)4)55(78)66-49(38(11)12)61(84)69(20)45(30-35(5)6)54(77)63-41(16)53(76)64-42(17)57(80)70(21)46(31-36(7)8)59(82)71(22)47(32-37(9)10)60(83)72(23)50(39(13)14)62(85)73(51)24;1-14-11-26(12-15-2-5-17(23)6-3-15)8-9-27(14)20(28)13-30-19-7-4-16(22)10-18(19)25-21(24)29/h25,27,34-47,49-52,75H,26,28-33H2,1-24H3,(H,63,77)(H,64,76)(H,65,79)(H,66,78);2-7,10,14H,8-9,11-13H2,1H3,(H3,24,25,29)/b27-25+;/t40-,41+,42-,43+,44+,45+,46+,47+,49+,50+,51+,52-;14-/m11/s1. The number of hydrogen-bond donors (Lipinski definition) is 7. The maximum absolute atomic E-state index is 15.1. The molecule has 0 bridgehead atoms. The lowest BCUT2D eigenvalue weighted by Crippen LogP contribution is -2.63. The first kappa shape index (κ1) is 100. The Morgan fingerprint density at radius 1 is 0.591 bits per heavy atom. The van der Waals surface area contributed by atoms with E-state index in [2.05, 4.69) is 31.5 Å². The van der Waals surface area contributed by atoms with E-state index in [9.17, 15) is 62.2 Å². The SMILES string of the molecule is C/C=C/C[C@@H](C)[C@@H](O)[C@H]1C(=O)N[C@@H](CC)C(=O)N(C)CC(=O)N(C)[C@@H](CC(C)C)C(=O)N[C@@H](C(C)C)C(=O)N(C)[C@@H](CC(C)C)C(=O)N[C@@H](C)C(=O)N[C@H](C)C(=O)N(C)[C@@H](CC(C)C)C(=O)N(C)[C@@H](CC(C)C)C(=O)N(C)[C@@H](C(C)C)C(=O)N1C.C[C@@H]1CN(Cc2ccc(F)cc2)CCN1C(=O)COc1ccc(Cl)cc1NC(N)=O. The number of carbonyl (C=O) groups excluding carboxylic acids is 13. The van der Waals surface area contributed by atoms with E-state index in [0.717, 1.165) is 15.4 Å². The van der Waals surface area contributed by atoms with Gasteiger partial charge >= 0.3 is 6.03 Å². The summed E-state index contributed by atoms with van der Waals surface area (Å²) in [5.41, 5.74) is 6.50. The molecule has 0 spiro atoms. The van der Waals surface area contributed by atoms with Crippen molar-refractivity contribution in [1.82, 2.24) is 65.4 Å². The van der Waals surface area contributed by atoms with Gasteiger partial charge in [0.25, 0.3) is 5.91 Å². The second-order valence-electron chi connectivity index (χ2n) is 33.3. The number of hydrogen-bond acceptors (Lipinski definition) is 16. The van der Waals surface area contributed by atoms with Gasteiger partial charge in [-0.15, -0.1) is 0 Å². The van der Waals surface area contributed by atoms with E-state index in [0.29, 0.717) is 49.1 Å². The number of nitrogens with one attached hydrogen (secondary N) is 5. The summed E-state index contributed by atoms with van der Waals surface area (Å²) in [7, 11) is 9.92. The lowest BCUT2D eigenvalue weighted by Gasteiger charge is -2.41. The predicted molar refractivity (Wildman–Crippen MR) is 441 cm³/mol. The number of anilines is 1. The zero-order chi connectivity index (χ0) is 87.6. The summed E-state index contributed by atoms with van der Waals surface area (Å²) in [5, 5.41) is 25.9. The van der Waals surface area contributed by atoms with Gasteiger partial charge in [-0.25, -0.2) is 9.18 Å². The van der Waals surface area contributed by atoms with Crippen molar-refractivity contribution in [3.05, 3.63) is 71.0 Å². The minimum Gasteiger partial charge on any atom is -0.482 e. The number of nitrogens with two attached hydrogens (primary N) is 1. The molecule has 0 unspecified atom stereocenters. The molecule has 8 N–H and O–H groups in total. The molecule has 0 aromatic heterocycles. The Bertz CT molecular complexity index is 3660. The number of rotatable bonds is 21. The van der Waals surface area contributed by atoms with E-state index in [-0.39, 0.29) is 80.1 Å². The highest BCUT2D eigenvalue weighted by molar-refractivity contribution is 6.31. The van der Waals surface area contributed by atoms with Crippen LogP contribution in [0.3, 0.4) is 0 Å². The van der Waals surface area contributed by atoms with Crippen LogP contribution in [0.5, 0.6) is 5.75 Å². The van der Waals surface area contributed by atoms with Gasteiger partial charge in [0.1, 0.15) is 72.0 Å². The Hall–Kier alpha value is -8.97. The Labute approximate surface area is 686 Å². The molecule has 2 fully saturated rings. The third-order valence-corrected chi connectivity index (χ3v) is 21.2. The smallest absolute Gasteiger partial charge is 0.316 e. The minimum atomic E-state index is -1.61. The van der Waals surface area contributed by atoms with E-state index >= 15 is 9.59 Å². The molecule has 646 valence electrons. The number of likely N-dealkylation sites (N-methyl/N-ethyl adjacent to an activating group) is 7. The number of aliphatic hydroxyl groups is 1. The van der Waals surface area contributed by atoms with Crippen LogP contribution in [0.25, 0.3) is 0 Å². The average Bonchev–Trinajstić information content (AvgIpc) is 0.810. The molecule has 32 heteroatoms. The van der Waals surface area contributed by atoms with E-state index in [1.807, 2.05) is 68.4 Å². The van der Waals surface area contributed by atoms with Gasteiger partial charge in [-0.1, -0.05) is 133 Å². The lowest BCUT2D eigenvalue weighted by atomic mass is 9.91. The zero-order valence-electron chi connectivity index (χ0n) is 72.7. The topological polar surface area (TPSA) is 367 Å². The molecule has 14 amide bonds. The molecule has 0 saturated carbocycles. The monoisotopic (exact) mass is 1640 g/mol. The number of halogens is 2. The van der Waals surface area contributed by atoms with Gasteiger partial charge < -0.3 is 81.4 Å². The number of aliphatic hydroxyl groups excluding tert-OH is 1. The van der Waals surface area contributed by atoms with Crippen molar-refractivity contribution >= 4 is 94.2 Å². The van der Waals surface area contributed by atoms with Crippen molar-refractivity contribution in [2.45, 2.75) is 242 Å². The first-order valence-electron chi connectivity index (χ1n) is 40.1. The van der Waals surface area contributed by atoms with Crippen LogP contribution >= 0.6 is 11.6 Å². The van der Waals surface area contributed by atoms with Crippen LogP contribution in [0.15, 0.2) is 54.6 Å². The maximum atomic E-state index is 15.1. The number of allylic oxidation sites excluding steroid dienone is 2. The maximum Gasteiger partial charge on any atom is 0.316 e. The highest BCUT2D eigenvalue weighted by atomic mass is 35.5. The first-order chi connectivity index (χ1) is 53.5. The van der Waals surface area contributed by atoms with Gasteiger partial charge in [0, 0.05) is 86.6 Å². The summed E-state index contributed by atoms with van der Waals surface area (Å²) in [4.78, 5) is 196. The number of urea groups is 1. The molecular weight excluding hydrogens is 1500 g/mol. The quantitative estimate of drug-likeness (QED) is 0.0669. The molecule has 2 heterocycles. The first-order valence-corrected chi connectivity index (χ1v) is 40.5. The molecule has 30 nitrogen and oxygen atoms in total. The van der Waals surface area contributed by atoms with E-state index < -0.39 is 162 Å². The number of ether oxygens (including phenoxy) is 1. The largest absolute Gasteiger partial charge is 0.482 e. The third-order valence-electron chi connectivity index (χ3n) is 21.0. The van der Waals surface area contributed by atoms with Crippen molar-refractivity contribution in [3.63, 3.8) is 0 Å². The van der Waals surface area contributed by atoms with Crippen molar-refractivity contribution in [2.75, 3.05) is 87.4 Å². The van der Waals surface area contributed by atoms with E-state index in [4.69, 9.17) is 22.1 Å². The zero-order valence-corrected chi connectivity index (χ0v) is 73.4. The van der Waals surface area contributed by atoms with Gasteiger partial charge in [-0.05, 0) is 144 Å². The molecule has 13 atom stereocenters. The van der Waals surface area contributed by atoms with Crippen LogP contribution in [-0.4, -0.2) is 281 Å². The Balaban J connectivity index is 0.000000939. The Morgan fingerprint density at radius 2 is 1.09 bits per heavy atom. The van der Waals surface area contributed by atoms with Crippen molar-refractivity contribution in [1.29, 1.82) is 0 Å². The van der Waals surface area contributed by atoms with E-state index in [1.165, 1.54) is 106 Å². The minimum absolute atomic E-state index is 0.00345. The van der Waals surface area contributed by atoms with Crippen LogP contribution in [0.4, 0.5) is 14.9 Å². The van der Waals surface area contributed by atoms with Crippen LogP contribution in [-0.2, 0) is 64.1 Å². The molecular formula is C83H135ClFN15O15. The molecule has 2 aliphatic heterocycles. The number of benzene rings is 2. The van der Waals surface area contributed by atoms with Gasteiger partial charge in [-0.2, -0.15) is 0 Å². The van der Waals surface area contributed by atoms with E-state index in [1.54, 1.807) is 83.7 Å². The summed E-state index contributed by atoms with van der Waals surface area (Å²) in [6.45, 7) is 33.8. The van der Waals surface area contributed by atoms with Crippen molar-refractivity contribution < 1.29 is 76.6 Å². The third kappa shape index (κ3) is 29.6. The fourth-order valence-corrected chi connectivity index (χ4v) is 14.3. The number of piperazine rings is 1. The average molecular weight is 1640 g/mol. The summed E-state index contributed by atoms with van der Waals surface area (Å²) in [6.07, 6.45) is 3.04. The predicted octanol–water partition coefficient (Wildman–Crippen LogP) is 6.35. The van der Waals surface area contributed by atoms with Crippen LogP contribution in [0.2, 0.25) is 5.02 Å². The van der Waals surface area contributed by atoms with Crippen LogP contribution in [0.1, 0.15) is 169 Å². The number of primary amides is 1. The number of amides is 14. The molecule has 2 aromatic carbocycles. The summed E-state index contributed by atoms with van der Waals surface area (Å²) < 4.78 is 18.7. The molecule has 2 aromatic rings. The van der Waals surface area contributed by atoms with Crippen LogP contribution < -0.4 is 37.1 Å². The fraction of sp³-hybridized carbons (Fsp3) is 0.675. The van der Waals surface area contributed by atoms with Gasteiger partial charge in [0.15, 0.2) is 6.61 Å². The molecule has 4 rings (SSSR count). The molecule has 0 aliphatic carbocycles. The summed E-state index contributed by atoms with van der Waals surface area (Å²) in [5.74, 6) is -9.80. The van der Waals surface area contributed by atoms with Gasteiger partial charge in [-0.3, -0.25) is 62.4 Å². The molecule has 2 aliphatic rings. The highest BCUT2D eigenvalue weighted by Crippen LogP contribution is 2.30. The Morgan fingerprint density at radius 3 is 1.59 bits per heavy atom. The highest BCUT2D eigenvalue weighted by Gasteiger charge is 2.46. The fourth-order valence-electron chi connectivity index (χ4n) is 14.2.